The maximum absolute atomic E-state index is 11.7. The quantitative estimate of drug-likeness (QED) is 0.753. The lowest BCUT2D eigenvalue weighted by Gasteiger charge is -2.15. The molecule has 0 fully saturated rings. The number of carboxylic acid groups (broad SMARTS) is 1. The van der Waals surface area contributed by atoms with Gasteiger partial charge in [-0.15, -0.1) is 0 Å². The van der Waals surface area contributed by atoms with Crippen LogP contribution < -0.4 is 10.1 Å². The summed E-state index contributed by atoms with van der Waals surface area (Å²) in [7, 11) is 1.71. The number of aliphatic carboxylic acids is 1. The minimum atomic E-state index is -0.872. The van der Waals surface area contributed by atoms with Gasteiger partial charge in [-0.05, 0) is 38.2 Å². The number of carboxylic acids is 1. The van der Waals surface area contributed by atoms with Crippen LogP contribution in [0.1, 0.15) is 13.3 Å². The number of hydrogen-bond acceptors (Lipinski definition) is 4. The van der Waals surface area contributed by atoms with Crippen molar-refractivity contribution in [2.24, 2.45) is 0 Å². The Labute approximate surface area is 118 Å². The van der Waals surface area contributed by atoms with Gasteiger partial charge < -0.3 is 15.2 Å². The first kappa shape index (κ1) is 16.0. The molecule has 0 aliphatic heterocycles. The van der Waals surface area contributed by atoms with Gasteiger partial charge in [0.1, 0.15) is 5.75 Å². The molecule has 0 radical (unpaired) electrons. The molecule has 1 amide bonds. The van der Waals surface area contributed by atoms with E-state index in [0.29, 0.717) is 18.8 Å². The molecule has 0 aromatic heterocycles. The fourth-order valence-corrected chi connectivity index (χ4v) is 1.61. The number of carbonyl (C=O) groups is 2. The zero-order chi connectivity index (χ0) is 15.0. The minimum absolute atomic E-state index is 0.0207. The molecule has 2 N–H and O–H groups in total. The van der Waals surface area contributed by atoms with Crippen LogP contribution in [0.4, 0.5) is 5.69 Å². The van der Waals surface area contributed by atoms with E-state index in [0.717, 1.165) is 5.75 Å². The van der Waals surface area contributed by atoms with Crippen LogP contribution in [0.2, 0.25) is 0 Å². The number of ether oxygens (including phenoxy) is 1. The number of amides is 1. The Hall–Kier alpha value is -2.08. The molecular formula is C14H20N2O4. The second-order valence-electron chi connectivity index (χ2n) is 4.39. The third kappa shape index (κ3) is 6.19. The van der Waals surface area contributed by atoms with Crippen LogP contribution in [-0.2, 0) is 9.59 Å². The van der Waals surface area contributed by atoms with Crippen molar-refractivity contribution in [2.45, 2.75) is 13.3 Å². The Bertz CT molecular complexity index is 445. The van der Waals surface area contributed by atoms with Crippen LogP contribution >= 0.6 is 0 Å². The van der Waals surface area contributed by atoms with E-state index < -0.39 is 5.97 Å². The summed E-state index contributed by atoms with van der Waals surface area (Å²) in [6.07, 6.45) is 0.0207. The molecule has 0 unspecified atom stereocenters. The number of benzene rings is 1. The molecule has 0 aliphatic rings. The highest BCUT2D eigenvalue weighted by Crippen LogP contribution is 2.15. The van der Waals surface area contributed by atoms with Gasteiger partial charge in [0.15, 0.2) is 0 Å². The summed E-state index contributed by atoms with van der Waals surface area (Å²) in [5, 5.41) is 11.3. The number of carbonyl (C=O) groups excluding carboxylic acids is 1. The van der Waals surface area contributed by atoms with E-state index in [-0.39, 0.29) is 18.9 Å². The first-order valence-corrected chi connectivity index (χ1v) is 6.44. The molecule has 6 nitrogen and oxygen atoms in total. The van der Waals surface area contributed by atoms with E-state index in [4.69, 9.17) is 9.84 Å². The van der Waals surface area contributed by atoms with Gasteiger partial charge >= 0.3 is 5.97 Å². The van der Waals surface area contributed by atoms with Crippen molar-refractivity contribution in [2.75, 3.05) is 32.1 Å². The smallest absolute Gasteiger partial charge is 0.304 e. The fraction of sp³-hybridized carbons (Fsp3) is 0.429. The van der Waals surface area contributed by atoms with Gasteiger partial charge in [-0.2, -0.15) is 0 Å². The summed E-state index contributed by atoms with van der Waals surface area (Å²) >= 11 is 0. The lowest BCUT2D eigenvalue weighted by molar-refractivity contribution is -0.137. The average molecular weight is 280 g/mol. The van der Waals surface area contributed by atoms with E-state index in [1.165, 1.54) is 0 Å². The largest absolute Gasteiger partial charge is 0.494 e. The topological polar surface area (TPSA) is 78.9 Å². The third-order valence-electron chi connectivity index (χ3n) is 2.57. The third-order valence-corrected chi connectivity index (χ3v) is 2.57. The highest BCUT2D eigenvalue weighted by molar-refractivity contribution is 5.92. The molecule has 110 valence electrons. The van der Waals surface area contributed by atoms with E-state index in [9.17, 15) is 9.59 Å². The molecule has 0 spiro atoms. The number of nitrogens with one attached hydrogen (secondary N) is 1. The molecule has 20 heavy (non-hydrogen) atoms. The number of hydrogen-bond donors (Lipinski definition) is 2. The molecule has 0 atom stereocenters. The van der Waals surface area contributed by atoms with Gasteiger partial charge in [0.25, 0.3) is 0 Å². The van der Waals surface area contributed by atoms with Crippen LogP contribution in [0.3, 0.4) is 0 Å². The first-order valence-electron chi connectivity index (χ1n) is 6.44. The summed E-state index contributed by atoms with van der Waals surface area (Å²) < 4.78 is 5.31. The van der Waals surface area contributed by atoms with Crippen molar-refractivity contribution in [3.63, 3.8) is 0 Å². The number of anilines is 1. The zero-order valence-electron chi connectivity index (χ0n) is 11.8. The van der Waals surface area contributed by atoms with Crippen molar-refractivity contribution in [3.05, 3.63) is 24.3 Å². The predicted molar refractivity (Wildman–Crippen MR) is 76.0 cm³/mol. The van der Waals surface area contributed by atoms with Gasteiger partial charge in [-0.3, -0.25) is 14.5 Å². The number of likely N-dealkylation sites (N-methyl/N-ethyl adjacent to an activating group) is 1. The molecule has 6 heteroatoms. The second kappa shape index (κ2) is 8.16. The lowest BCUT2D eigenvalue weighted by Crippen LogP contribution is -2.31. The SMILES string of the molecule is CCOc1ccc(NC(=O)CN(C)CCC(=O)O)cc1. The lowest BCUT2D eigenvalue weighted by atomic mass is 10.3. The van der Waals surface area contributed by atoms with Gasteiger partial charge in [0.05, 0.1) is 19.6 Å². The second-order valence-corrected chi connectivity index (χ2v) is 4.39. The van der Waals surface area contributed by atoms with Crippen LogP contribution in [0.25, 0.3) is 0 Å². The Morgan fingerprint density at radius 1 is 1.30 bits per heavy atom. The maximum atomic E-state index is 11.7. The molecule has 0 aliphatic carbocycles. The molecule has 0 bridgehead atoms. The summed E-state index contributed by atoms with van der Waals surface area (Å²) in [5.74, 6) is -0.296. The zero-order valence-corrected chi connectivity index (χ0v) is 11.8. The highest BCUT2D eigenvalue weighted by Gasteiger charge is 2.08. The molecule has 0 saturated heterocycles. The van der Waals surface area contributed by atoms with Gasteiger partial charge in [0, 0.05) is 12.2 Å². The Balaban J connectivity index is 2.39. The highest BCUT2D eigenvalue weighted by atomic mass is 16.5. The maximum Gasteiger partial charge on any atom is 0.304 e. The van der Waals surface area contributed by atoms with E-state index in [1.807, 2.05) is 6.92 Å². The van der Waals surface area contributed by atoms with Crippen molar-refractivity contribution >= 4 is 17.6 Å². The van der Waals surface area contributed by atoms with Crippen molar-refractivity contribution < 1.29 is 19.4 Å². The summed E-state index contributed by atoms with van der Waals surface area (Å²) in [6, 6.07) is 7.10. The van der Waals surface area contributed by atoms with Crippen molar-refractivity contribution in [1.82, 2.24) is 4.90 Å². The molecule has 1 rings (SSSR count). The number of rotatable bonds is 8. The van der Waals surface area contributed by atoms with Crippen LogP contribution in [0.15, 0.2) is 24.3 Å². The van der Waals surface area contributed by atoms with Crippen molar-refractivity contribution in [3.8, 4) is 5.75 Å². The molecular weight excluding hydrogens is 260 g/mol. The van der Waals surface area contributed by atoms with Crippen LogP contribution in [0, 0.1) is 0 Å². The summed E-state index contributed by atoms with van der Waals surface area (Å²) in [4.78, 5) is 23.8. The average Bonchev–Trinajstić information content (AvgIpc) is 2.39. The molecule has 1 aromatic rings. The van der Waals surface area contributed by atoms with Gasteiger partial charge in [-0.25, -0.2) is 0 Å². The fourth-order valence-electron chi connectivity index (χ4n) is 1.61. The van der Waals surface area contributed by atoms with Crippen LogP contribution in [0.5, 0.6) is 5.75 Å². The van der Waals surface area contributed by atoms with Gasteiger partial charge in [0.2, 0.25) is 5.91 Å². The summed E-state index contributed by atoms with van der Waals surface area (Å²) in [6.45, 7) is 3.00. The van der Waals surface area contributed by atoms with Gasteiger partial charge in [-0.1, -0.05) is 0 Å². The molecule has 1 aromatic carbocycles. The van der Waals surface area contributed by atoms with Crippen molar-refractivity contribution in [1.29, 1.82) is 0 Å². The first-order chi connectivity index (χ1) is 9.51. The van der Waals surface area contributed by atoms with E-state index in [2.05, 4.69) is 5.32 Å². The Morgan fingerprint density at radius 2 is 1.95 bits per heavy atom. The van der Waals surface area contributed by atoms with Crippen LogP contribution in [-0.4, -0.2) is 48.6 Å². The monoisotopic (exact) mass is 280 g/mol. The van der Waals surface area contributed by atoms with E-state index >= 15 is 0 Å². The number of nitrogens with zero attached hydrogens (tertiary/aromatic N) is 1. The van der Waals surface area contributed by atoms with E-state index in [1.54, 1.807) is 36.2 Å². The predicted octanol–water partition coefficient (Wildman–Crippen LogP) is 1.43. The Kier molecular flexibility index (Phi) is 6.52. The Morgan fingerprint density at radius 3 is 2.50 bits per heavy atom. The standard InChI is InChI=1S/C14H20N2O4/c1-3-20-12-6-4-11(5-7-12)15-13(17)10-16(2)9-8-14(18)19/h4-7H,3,8-10H2,1-2H3,(H,15,17)(H,18,19). The minimum Gasteiger partial charge on any atom is -0.494 e. The molecule has 0 saturated carbocycles. The molecule has 0 heterocycles. The normalized spacial score (nSPS) is 10.3. The summed E-state index contributed by atoms with van der Waals surface area (Å²) in [5.41, 5.74) is 0.685.